The van der Waals surface area contributed by atoms with Gasteiger partial charge in [-0.2, -0.15) is 0 Å². The zero-order valence-electron chi connectivity index (χ0n) is 9.77. The van der Waals surface area contributed by atoms with E-state index in [1.54, 1.807) is 24.3 Å². The Kier molecular flexibility index (Phi) is 2.98. The molecule has 0 bridgehead atoms. The summed E-state index contributed by atoms with van der Waals surface area (Å²) in [4.78, 5) is 13.5. The molecule has 0 unspecified atom stereocenters. The molecule has 0 aliphatic carbocycles. The molecule has 0 fully saturated rings. The van der Waals surface area contributed by atoms with Crippen LogP contribution in [-0.2, 0) is 4.79 Å². The average molecular weight is 322 g/mol. The Labute approximate surface area is 117 Å². The van der Waals surface area contributed by atoms with E-state index >= 15 is 0 Å². The summed E-state index contributed by atoms with van der Waals surface area (Å²) in [5, 5.41) is 0. The van der Waals surface area contributed by atoms with Crippen molar-refractivity contribution in [1.82, 2.24) is 0 Å². The lowest BCUT2D eigenvalue weighted by atomic mass is 10.2. The Morgan fingerprint density at radius 1 is 1.21 bits per heavy atom. The van der Waals surface area contributed by atoms with E-state index in [0.717, 1.165) is 4.47 Å². The molecule has 1 heterocycles. The third kappa shape index (κ3) is 2.21. The predicted molar refractivity (Wildman–Crippen MR) is 73.2 cm³/mol. The third-order valence-corrected chi connectivity index (χ3v) is 3.32. The van der Waals surface area contributed by atoms with Crippen molar-refractivity contribution in [2.75, 3.05) is 11.5 Å². The molecule has 1 aliphatic rings. The van der Waals surface area contributed by atoms with Gasteiger partial charge in [-0.15, -0.1) is 0 Å². The van der Waals surface area contributed by atoms with Gasteiger partial charge in [0, 0.05) is 4.47 Å². The summed E-state index contributed by atoms with van der Waals surface area (Å²) < 4.78 is 19.5. The normalized spacial score (nSPS) is 14.0. The zero-order chi connectivity index (χ0) is 13.4. The van der Waals surface area contributed by atoms with Crippen LogP contribution in [0.4, 0.5) is 15.8 Å². The number of amides is 1. The molecule has 3 rings (SSSR count). The smallest absolute Gasteiger partial charge is 0.269 e. The van der Waals surface area contributed by atoms with E-state index < -0.39 is 0 Å². The second kappa shape index (κ2) is 4.66. The molecule has 0 spiro atoms. The number of ether oxygens (including phenoxy) is 1. The van der Waals surface area contributed by atoms with E-state index in [1.807, 2.05) is 6.07 Å². The standard InChI is InChI=1S/C14H9BrFNO2/c15-9-4-5-13-12(6-9)17(14(18)8-19-13)11-3-1-2-10(16)7-11/h1-7H,8H2. The minimum atomic E-state index is -0.381. The van der Waals surface area contributed by atoms with E-state index in [0.29, 0.717) is 17.1 Å². The topological polar surface area (TPSA) is 29.5 Å². The molecule has 2 aromatic rings. The van der Waals surface area contributed by atoms with E-state index in [9.17, 15) is 9.18 Å². The fourth-order valence-electron chi connectivity index (χ4n) is 2.02. The highest BCUT2D eigenvalue weighted by atomic mass is 79.9. The summed E-state index contributed by atoms with van der Waals surface area (Å²) in [7, 11) is 0. The van der Waals surface area contributed by atoms with Gasteiger partial charge in [0.25, 0.3) is 5.91 Å². The van der Waals surface area contributed by atoms with Gasteiger partial charge in [-0.05, 0) is 36.4 Å². The molecule has 0 saturated carbocycles. The van der Waals surface area contributed by atoms with Crippen molar-refractivity contribution in [3.63, 3.8) is 0 Å². The number of hydrogen-bond donors (Lipinski definition) is 0. The SMILES string of the molecule is O=C1COc2ccc(Br)cc2N1c1cccc(F)c1. The first-order valence-electron chi connectivity index (χ1n) is 5.66. The first kappa shape index (κ1) is 12.2. The first-order chi connectivity index (χ1) is 9.15. The van der Waals surface area contributed by atoms with Gasteiger partial charge in [0.15, 0.2) is 6.61 Å². The van der Waals surface area contributed by atoms with Crippen LogP contribution in [0.3, 0.4) is 0 Å². The van der Waals surface area contributed by atoms with Gasteiger partial charge in [0.1, 0.15) is 11.6 Å². The maximum absolute atomic E-state index is 13.3. The Hall–Kier alpha value is -1.88. The van der Waals surface area contributed by atoms with Gasteiger partial charge in [-0.3, -0.25) is 9.69 Å². The molecule has 0 radical (unpaired) electrons. The number of rotatable bonds is 1. The van der Waals surface area contributed by atoms with Gasteiger partial charge < -0.3 is 4.74 Å². The van der Waals surface area contributed by atoms with Gasteiger partial charge in [-0.25, -0.2) is 4.39 Å². The summed E-state index contributed by atoms with van der Waals surface area (Å²) >= 11 is 3.36. The molecule has 0 saturated heterocycles. The van der Waals surface area contributed by atoms with Gasteiger partial charge in [-0.1, -0.05) is 22.0 Å². The Bertz CT molecular complexity index is 660. The quantitative estimate of drug-likeness (QED) is 0.802. The highest BCUT2D eigenvalue weighted by Gasteiger charge is 2.27. The minimum Gasteiger partial charge on any atom is -0.482 e. The van der Waals surface area contributed by atoms with Crippen molar-refractivity contribution in [1.29, 1.82) is 0 Å². The molecular formula is C14H9BrFNO2. The van der Waals surface area contributed by atoms with Crippen molar-refractivity contribution in [3.8, 4) is 5.75 Å². The number of benzene rings is 2. The van der Waals surface area contributed by atoms with Crippen molar-refractivity contribution in [2.45, 2.75) is 0 Å². The molecule has 2 aromatic carbocycles. The number of hydrogen-bond acceptors (Lipinski definition) is 2. The molecule has 5 heteroatoms. The van der Waals surface area contributed by atoms with Crippen LogP contribution in [0.1, 0.15) is 0 Å². The fourth-order valence-corrected chi connectivity index (χ4v) is 2.37. The van der Waals surface area contributed by atoms with Crippen molar-refractivity contribution >= 4 is 33.2 Å². The number of anilines is 2. The maximum atomic E-state index is 13.3. The van der Waals surface area contributed by atoms with E-state index in [-0.39, 0.29) is 18.3 Å². The van der Waals surface area contributed by atoms with Gasteiger partial charge in [0.05, 0.1) is 11.4 Å². The monoisotopic (exact) mass is 321 g/mol. The van der Waals surface area contributed by atoms with Crippen LogP contribution < -0.4 is 9.64 Å². The number of carbonyl (C=O) groups excluding carboxylic acids is 1. The van der Waals surface area contributed by atoms with E-state index in [1.165, 1.54) is 17.0 Å². The molecule has 19 heavy (non-hydrogen) atoms. The number of fused-ring (bicyclic) bond motifs is 1. The van der Waals surface area contributed by atoms with Crippen molar-refractivity contribution in [2.24, 2.45) is 0 Å². The maximum Gasteiger partial charge on any atom is 0.269 e. The van der Waals surface area contributed by atoms with Gasteiger partial charge >= 0.3 is 0 Å². The highest BCUT2D eigenvalue weighted by Crippen LogP contribution is 2.38. The van der Waals surface area contributed by atoms with E-state index in [2.05, 4.69) is 15.9 Å². The van der Waals surface area contributed by atoms with E-state index in [4.69, 9.17) is 4.74 Å². The van der Waals surface area contributed by atoms with Gasteiger partial charge in [0.2, 0.25) is 0 Å². The average Bonchev–Trinajstić information content (AvgIpc) is 2.38. The van der Waals surface area contributed by atoms with Crippen LogP contribution in [-0.4, -0.2) is 12.5 Å². The Morgan fingerprint density at radius 2 is 2.05 bits per heavy atom. The third-order valence-electron chi connectivity index (χ3n) is 2.83. The molecule has 0 atom stereocenters. The lowest BCUT2D eigenvalue weighted by molar-refractivity contribution is -0.120. The summed E-state index contributed by atoms with van der Waals surface area (Å²) in [6.07, 6.45) is 0. The molecule has 0 N–H and O–H groups in total. The lowest BCUT2D eigenvalue weighted by Crippen LogP contribution is -2.35. The Balaban J connectivity index is 2.15. The van der Waals surface area contributed by atoms with Crippen molar-refractivity contribution < 1.29 is 13.9 Å². The molecule has 96 valence electrons. The number of carbonyl (C=O) groups is 1. The predicted octanol–water partition coefficient (Wildman–Crippen LogP) is 3.65. The molecular weight excluding hydrogens is 313 g/mol. The second-order valence-electron chi connectivity index (χ2n) is 4.11. The lowest BCUT2D eigenvalue weighted by Gasteiger charge is -2.29. The largest absolute Gasteiger partial charge is 0.482 e. The molecule has 3 nitrogen and oxygen atoms in total. The first-order valence-corrected chi connectivity index (χ1v) is 6.45. The molecule has 0 aromatic heterocycles. The highest BCUT2D eigenvalue weighted by molar-refractivity contribution is 9.10. The summed E-state index contributed by atoms with van der Waals surface area (Å²) in [5.41, 5.74) is 1.10. The van der Waals surface area contributed by atoms with Crippen LogP contribution in [0.5, 0.6) is 5.75 Å². The van der Waals surface area contributed by atoms with Crippen LogP contribution in [0.15, 0.2) is 46.9 Å². The minimum absolute atomic E-state index is 0.0505. The molecule has 1 aliphatic heterocycles. The summed E-state index contributed by atoms with van der Waals surface area (Å²) in [6, 6.07) is 11.3. The zero-order valence-corrected chi connectivity index (χ0v) is 11.4. The number of nitrogens with zero attached hydrogens (tertiary/aromatic N) is 1. The Morgan fingerprint density at radius 3 is 2.84 bits per heavy atom. The molecule has 1 amide bonds. The van der Waals surface area contributed by atoms with Crippen LogP contribution in [0.2, 0.25) is 0 Å². The van der Waals surface area contributed by atoms with Crippen LogP contribution >= 0.6 is 15.9 Å². The summed E-state index contributed by atoms with van der Waals surface area (Å²) in [6.45, 7) is -0.0505. The number of halogens is 2. The second-order valence-corrected chi connectivity index (χ2v) is 5.03. The summed E-state index contributed by atoms with van der Waals surface area (Å²) in [5.74, 6) is -0.00315. The van der Waals surface area contributed by atoms with Crippen molar-refractivity contribution in [3.05, 3.63) is 52.8 Å². The fraction of sp³-hybridized carbons (Fsp3) is 0.0714. The van der Waals surface area contributed by atoms with Crippen LogP contribution in [0.25, 0.3) is 0 Å². The van der Waals surface area contributed by atoms with Crippen LogP contribution in [0, 0.1) is 5.82 Å².